The second kappa shape index (κ2) is 15.6. The molecular formula is C21H38IN5O. The number of rotatable bonds is 11. The lowest BCUT2D eigenvalue weighted by molar-refractivity contribution is -0.127. The zero-order chi connectivity index (χ0) is 20.1. The largest absolute Gasteiger partial charge is 0.356 e. The number of hydrogen-bond donors (Lipinski definition) is 2. The molecule has 1 atom stereocenters. The minimum absolute atomic E-state index is 0. The van der Waals surface area contributed by atoms with Crippen LogP contribution in [0.4, 0.5) is 0 Å². The predicted molar refractivity (Wildman–Crippen MR) is 129 cm³/mol. The van der Waals surface area contributed by atoms with Gasteiger partial charge in [0.25, 0.3) is 0 Å². The van der Waals surface area contributed by atoms with Gasteiger partial charge < -0.3 is 15.5 Å². The lowest BCUT2D eigenvalue weighted by atomic mass is 10.1. The number of carbonyl (C=O) groups excluding carboxylic acids is 1. The van der Waals surface area contributed by atoms with Gasteiger partial charge in [0.05, 0.1) is 6.04 Å². The number of halogens is 1. The highest BCUT2D eigenvalue weighted by Crippen LogP contribution is 2.19. The van der Waals surface area contributed by atoms with Gasteiger partial charge in [-0.05, 0) is 25.1 Å². The van der Waals surface area contributed by atoms with E-state index in [1.165, 1.54) is 5.56 Å². The van der Waals surface area contributed by atoms with E-state index in [0.29, 0.717) is 5.96 Å². The maximum Gasteiger partial charge on any atom is 0.243 e. The standard InChI is InChI=1S/C21H37N5O.HI/c1-6-9-15-22-21(24-17-20(27)25(4)5)23-16-19(26(7-2)8-3)18-13-11-10-12-14-18;/h10-14,19H,6-9,15-17H2,1-5H3,(H2,22,23,24);1H. The maximum atomic E-state index is 11.9. The molecule has 0 aromatic heterocycles. The van der Waals surface area contributed by atoms with Crippen LogP contribution >= 0.6 is 24.0 Å². The average molecular weight is 503 g/mol. The zero-order valence-electron chi connectivity index (χ0n) is 18.1. The van der Waals surface area contributed by atoms with Crippen molar-refractivity contribution in [1.82, 2.24) is 20.4 Å². The first-order valence-corrected chi connectivity index (χ1v) is 10.0. The lowest BCUT2D eigenvalue weighted by Crippen LogP contribution is -2.44. The van der Waals surface area contributed by atoms with Crippen LogP contribution in [0.1, 0.15) is 45.2 Å². The molecule has 28 heavy (non-hydrogen) atoms. The number of aliphatic imine (C=N–C) groups is 1. The Morgan fingerprint density at radius 3 is 2.25 bits per heavy atom. The van der Waals surface area contributed by atoms with E-state index in [2.05, 4.69) is 65.6 Å². The summed E-state index contributed by atoms with van der Waals surface area (Å²) in [7, 11) is 3.50. The van der Waals surface area contributed by atoms with E-state index in [-0.39, 0.29) is 42.5 Å². The van der Waals surface area contributed by atoms with Crippen molar-refractivity contribution < 1.29 is 4.79 Å². The van der Waals surface area contributed by atoms with Gasteiger partial charge in [0.2, 0.25) is 5.91 Å². The van der Waals surface area contributed by atoms with E-state index >= 15 is 0 Å². The van der Waals surface area contributed by atoms with Crippen LogP contribution in [-0.4, -0.2) is 68.5 Å². The fourth-order valence-corrected chi connectivity index (χ4v) is 2.84. The molecule has 1 unspecified atom stereocenters. The van der Waals surface area contributed by atoms with E-state index in [4.69, 9.17) is 0 Å². The molecule has 6 nitrogen and oxygen atoms in total. The van der Waals surface area contributed by atoms with Crippen molar-refractivity contribution in [2.45, 2.75) is 39.7 Å². The monoisotopic (exact) mass is 503 g/mol. The number of carbonyl (C=O) groups is 1. The molecule has 0 aliphatic heterocycles. The van der Waals surface area contributed by atoms with Crippen LogP contribution in [0, 0.1) is 0 Å². The number of guanidine groups is 1. The van der Waals surface area contributed by atoms with Gasteiger partial charge in [0, 0.05) is 27.2 Å². The van der Waals surface area contributed by atoms with Gasteiger partial charge in [-0.2, -0.15) is 0 Å². The van der Waals surface area contributed by atoms with Crippen LogP contribution in [-0.2, 0) is 4.79 Å². The molecule has 0 aliphatic rings. The minimum Gasteiger partial charge on any atom is -0.356 e. The van der Waals surface area contributed by atoms with Crippen LogP contribution in [0.25, 0.3) is 0 Å². The summed E-state index contributed by atoms with van der Waals surface area (Å²) in [6.07, 6.45) is 2.18. The van der Waals surface area contributed by atoms with Crippen molar-refractivity contribution in [2.75, 3.05) is 46.8 Å². The highest BCUT2D eigenvalue weighted by molar-refractivity contribution is 14.0. The van der Waals surface area contributed by atoms with Crippen LogP contribution in [0.15, 0.2) is 35.3 Å². The summed E-state index contributed by atoms with van der Waals surface area (Å²) in [6.45, 7) is 10.2. The summed E-state index contributed by atoms with van der Waals surface area (Å²) in [5.74, 6) is 0.696. The van der Waals surface area contributed by atoms with Crippen molar-refractivity contribution >= 4 is 35.8 Å². The smallest absolute Gasteiger partial charge is 0.243 e. The Bertz CT molecular complexity index is 561. The molecule has 1 rings (SSSR count). The molecule has 0 aliphatic carbocycles. The van der Waals surface area contributed by atoms with Crippen molar-refractivity contribution in [1.29, 1.82) is 0 Å². The summed E-state index contributed by atoms with van der Waals surface area (Å²) >= 11 is 0. The Morgan fingerprint density at radius 2 is 1.71 bits per heavy atom. The normalized spacial score (nSPS) is 12.3. The van der Waals surface area contributed by atoms with E-state index in [9.17, 15) is 4.79 Å². The summed E-state index contributed by atoms with van der Waals surface area (Å²) in [4.78, 5) is 20.4. The van der Waals surface area contributed by atoms with Crippen molar-refractivity contribution in [2.24, 2.45) is 4.99 Å². The number of hydrogen-bond acceptors (Lipinski definition) is 3. The predicted octanol–water partition coefficient (Wildman–Crippen LogP) is 3.11. The fourth-order valence-electron chi connectivity index (χ4n) is 2.84. The SMILES string of the molecule is CCCCNC(=NCC(=O)N(C)C)NCC(c1ccccc1)N(CC)CC.I. The van der Waals surface area contributed by atoms with Gasteiger partial charge in [0.1, 0.15) is 6.54 Å². The molecule has 0 spiro atoms. The number of nitrogens with one attached hydrogen (secondary N) is 2. The summed E-state index contributed by atoms with van der Waals surface area (Å²) in [6, 6.07) is 10.8. The maximum absolute atomic E-state index is 11.9. The topological polar surface area (TPSA) is 60.0 Å². The quantitative estimate of drug-likeness (QED) is 0.211. The van der Waals surface area contributed by atoms with Crippen molar-refractivity contribution in [3.63, 3.8) is 0 Å². The summed E-state index contributed by atoms with van der Waals surface area (Å²) in [5.41, 5.74) is 1.28. The molecule has 0 heterocycles. The first kappa shape index (κ1) is 26.6. The van der Waals surface area contributed by atoms with Gasteiger partial charge in [-0.15, -0.1) is 24.0 Å². The van der Waals surface area contributed by atoms with E-state index in [0.717, 1.165) is 39.0 Å². The first-order chi connectivity index (χ1) is 13.0. The molecule has 0 fully saturated rings. The molecule has 0 saturated heterocycles. The third-order valence-corrected chi connectivity index (χ3v) is 4.59. The third-order valence-electron chi connectivity index (χ3n) is 4.59. The van der Waals surface area contributed by atoms with Gasteiger partial charge in [-0.25, -0.2) is 4.99 Å². The second-order valence-corrected chi connectivity index (χ2v) is 6.76. The molecule has 2 N–H and O–H groups in total. The van der Waals surface area contributed by atoms with E-state index in [1.54, 1.807) is 19.0 Å². The van der Waals surface area contributed by atoms with Gasteiger partial charge in [-0.1, -0.05) is 57.5 Å². The minimum atomic E-state index is -0.00468. The number of likely N-dealkylation sites (N-methyl/N-ethyl adjacent to an activating group) is 2. The lowest BCUT2D eigenvalue weighted by Gasteiger charge is -2.31. The van der Waals surface area contributed by atoms with Crippen LogP contribution in [0.2, 0.25) is 0 Å². The fraction of sp³-hybridized carbons (Fsp3) is 0.619. The van der Waals surface area contributed by atoms with Crippen LogP contribution in [0.5, 0.6) is 0 Å². The summed E-state index contributed by atoms with van der Waals surface area (Å²) < 4.78 is 0. The Morgan fingerprint density at radius 1 is 1.07 bits per heavy atom. The molecule has 160 valence electrons. The van der Waals surface area contributed by atoms with Gasteiger partial charge in [0.15, 0.2) is 5.96 Å². The van der Waals surface area contributed by atoms with Crippen LogP contribution < -0.4 is 10.6 Å². The highest BCUT2D eigenvalue weighted by atomic mass is 127. The zero-order valence-corrected chi connectivity index (χ0v) is 20.4. The van der Waals surface area contributed by atoms with Crippen LogP contribution in [0.3, 0.4) is 0 Å². The first-order valence-electron chi connectivity index (χ1n) is 10.0. The molecule has 1 aromatic carbocycles. The molecule has 1 amide bonds. The molecule has 7 heteroatoms. The third kappa shape index (κ3) is 9.73. The van der Waals surface area contributed by atoms with Crippen molar-refractivity contribution in [3.05, 3.63) is 35.9 Å². The highest BCUT2D eigenvalue weighted by Gasteiger charge is 2.18. The summed E-state index contributed by atoms with van der Waals surface area (Å²) in [5, 5.41) is 6.79. The van der Waals surface area contributed by atoms with Gasteiger partial charge in [-0.3, -0.25) is 9.69 Å². The molecular weight excluding hydrogens is 465 g/mol. The number of nitrogens with zero attached hydrogens (tertiary/aromatic N) is 3. The van der Waals surface area contributed by atoms with Crippen molar-refractivity contribution in [3.8, 4) is 0 Å². The number of unbranched alkanes of at least 4 members (excludes halogenated alkanes) is 1. The molecule has 0 bridgehead atoms. The Kier molecular flexibility index (Phi) is 14.8. The molecule has 0 saturated carbocycles. The average Bonchev–Trinajstić information content (AvgIpc) is 2.69. The van der Waals surface area contributed by atoms with Gasteiger partial charge >= 0.3 is 0 Å². The van der Waals surface area contributed by atoms with E-state index < -0.39 is 0 Å². The number of amides is 1. The molecule has 1 aromatic rings. The number of benzene rings is 1. The Labute approximate surface area is 188 Å². The second-order valence-electron chi connectivity index (χ2n) is 6.76. The Hall–Kier alpha value is -1.35. The molecule has 0 radical (unpaired) electrons. The Balaban J connectivity index is 0.00000729. The van der Waals surface area contributed by atoms with E-state index in [1.807, 2.05) is 6.07 Å².